The molecule has 0 aliphatic carbocycles. The molecule has 1 fully saturated rings. The summed E-state index contributed by atoms with van der Waals surface area (Å²) < 4.78 is 0. The molecule has 1 aliphatic heterocycles. The number of benzene rings is 1. The predicted octanol–water partition coefficient (Wildman–Crippen LogP) is 1.84. The van der Waals surface area contributed by atoms with Crippen molar-refractivity contribution in [3.8, 4) is 0 Å². The fourth-order valence-electron chi connectivity index (χ4n) is 3.02. The maximum atomic E-state index is 13.0. The number of hydrogen-bond donors (Lipinski definition) is 0. The largest absolute Gasteiger partial charge is 0.339 e. The molecule has 0 bridgehead atoms. The van der Waals surface area contributed by atoms with E-state index in [4.69, 9.17) is 0 Å². The lowest BCUT2D eigenvalue weighted by molar-refractivity contribution is -0.155. The molecular formula is C19H29N3O2. The Balaban J connectivity index is 2.08. The van der Waals surface area contributed by atoms with Crippen LogP contribution in [0.4, 0.5) is 0 Å². The van der Waals surface area contributed by atoms with Crippen molar-refractivity contribution >= 4 is 11.8 Å². The van der Waals surface area contributed by atoms with E-state index in [2.05, 4.69) is 11.9 Å². The highest BCUT2D eigenvalue weighted by Gasteiger charge is 2.41. The van der Waals surface area contributed by atoms with E-state index in [1.807, 2.05) is 42.2 Å². The molecule has 2 rings (SSSR count). The maximum Gasteiger partial charge on any atom is 0.237 e. The van der Waals surface area contributed by atoms with Gasteiger partial charge in [-0.1, -0.05) is 30.3 Å². The number of carbonyl (C=O) groups excluding carboxylic acids is 2. The standard InChI is InChI=1S/C19H29N3O2/c1-5-21(15-16-9-7-6-8-10-16)17(23)19(2,3)18(24)22-13-11-20(4)12-14-22/h6-10H,5,11-15H2,1-4H3. The van der Waals surface area contributed by atoms with Crippen molar-refractivity contribution in [3.05, 3.63) is 35.9 Å². The van der Waals surface area contributed by atoms with Crippen LogP contribution in [0.2, 0.25) is 0 Å². The third-order valence-corrected chi connectivity index (χ3v) is 4.75. The Labute approximate surface area is 145 Å². The summed E-state index contributed by atoms with van der Waals surface area (Å²) in [6.45, 7) is 9.69. The van der Waals surface area contributed by atoms with Crippen LogP contribution in [0.3, 0.4) is 0 Å². The molecule has 1 saturated heterocycles. The summed E-state index contributed by atoms with van der Waals surface area (Å²) in [4.78, 5) is 31.7. The van der Waals surface area contributed by atoms with Crippen molar-refractivity contribution in [2.75, 3.05) is 39.8 Å². The summed E-state index contributed by atoms with van der Waals surface area (Å²) in [5, 5.41) is 0. The molecule has 1 aromatic carbocycles. The van der Waals surface area contributed by atoms with E-state index in [0.29, 0.717) is 26.2 Å². The Morgan fingerprint density at radius 1 is 1.08 bits per heavy atom. The molecule has 0 spiro atoms. The van der Waals surface area contributed by atoms with Gasteiger partial charge in [-0.05, 0) is 33.4 Å². The van der Waals surface area contributed by atoms with Crippen LogP contribution in [0, 0.1) is 5.41 Å². The molecule has 5 heteroatoms. The molecule has 0 atom stereocenters. The van der Waals surface area contributed by atoms with Gasteiger partial charge in [-0.25, -0.2) is 0 Å². The number of rotatable bonds is 5. The molecule has 1 aliphatic rings. The molecule has 132 valence electrons. The Morgan fingerprint density at radius 2 is 1.67 bits per heavy atom. The van der Waals surface area contributed by atoms with E-state index in [-0.39, 0.29) is 11.8 Å². The average Bonchev–Trinajstić information content (AvgIpc) is 2.60. The minimum Gasteiger partial charge on any atom is -0.339 e. The van der Waals surface area contributed by atoms with E-state index in [1.54, 1.807) is 18.7 Å². The summed E-state index contributed by atoms with van der Waals surface area (Å²) in [7, 11) is 2.05. The van der Waals surface area contributed by atoms with E-state index >= 15 is 0 Å². The van der Waals surface area contributed by atoms with Crippen molar-refractivity contribution in [3.63, 3.8) is 0 Å². The second-order valence-corrected chi connectivity index (χ2v) is 7.03. The summed E-state index contributed by atoms with van der Waals surface area (Å²) in [5.41, 5.74) is 0.0521. The first kappa shape index (κ1) is 18.5. The molecule has 0 radical (unpaired) electrons. The molecular weight excluding hydrogens is 302 g/mol. The van der Waals surface area contributed by atoms with E-state index in [9.17, 15) is 9.59 Å². The Hall–Kier alpha value is -1.88. The second kappa shape index (κ2) is 7.79. The second-order valence-electron chi connectivity index (χ2n) is 7.03. The first-order valence-electron chi connectivity index (χ1n) is 8.67. The zero-order valence-electron chi connectivity index (χ0n) is 15.3. The van der Waals surface area contributed by atoms with Gasteiger partial charge in [-0.2, -0.15) is 0 Å². The molecule has 0 unspecified atom stereocenters. The average molecular weight is 331 g/mol. The van der Waals surface area contributed by atoms with Crippen LogP contribution in [0.25, 0.3) is 0 Å². The lowest BCUT2D eigenvalue weighted by atomic mass is 9.89. The Morgan fingerprint density at radius 3 is 2.21 bits per heavy atom. The Kier molecular flexibility index (Phi) is 5.99. The zero-order valence-corrected chi connectivity index (χ0v) is 15.3. The predicted molar refractivity (Wildman–Crippen MR) is 95.4 cm³/mol. The summed E-state index contributed by atoms with van der Waals surface area (Å²) in [5.74, 6) is -0.162. The highest BCUT2D eigenvalue weighted by molar-refractivity contribution is 6.04. The van der Waals surface area contributed by atoms with Gasteiger partial charge in [0.05, 0.1) is 0 Å². The van der Waals surface area contributed by atoms with Gasteiger partial charge in [0.25, 0.3) is 0 Å². The third kappa shape index (κ3) is 4.15. The van der Waals surface area contributed by atoms with Crippen LogP contribution in [-0.4, -0.2) is 66.3 Å². The molecule has 2 amide bonds. The highest BCUT2D eigenvalue weighted by Crippen LogP contribution is 2.24. The van der Waals surface area contributed by atoms with Crippen LogP contribution in [0.15, 0.2) is 30.3 Å². The van der Waals surface area contributed by atoms with E-state index in [0.717, 1.165) is 18.7 Å². The third-order valence-electron chi connectivity index (χ3n) is 4.75. The van der Waals surface area contributed by atoms with Crippen molar-refractivity contribution < 1.29 is 9.59 Å². The van der Waals surface area contributed by atoms with Gasteiger partial charge in [-0.15, -0.1) is 0 Å². The van der Waals surface area contributed by atoms with Gasteiger partial charge in [-0.3, -0.25) is 9.59 Å². The summed E-state index contributed by atoms with van der Waals surface area (Å²) in [6, 6.07) is 9.90. The summed E-state index contributed by atoms with van der Waals surface area (Å²) in [6.07, 6.45) is 0. The SMILES string of the molecule is CCN(Cc1ccccc1)C(=O)C(C)(C)C(=O)N1CCN(C)CC1. The molecule has 0 saturated carbocycles. The molecule has 1 heterocycles. The van der Waals surface area contributed by atoms with Crippen LogP contribution in [-0.2, 0) is 16.1 Å². The lowest BCUT2D eigenvalue weighted by Gasteiger charge is -2.38. The number of carbonyl (C=O) groups is 2. The van der Waals surface area contributed by atoms with Crippen LogP contribution in [0.1, 0.15) is 26.3 Å². The maximum absolute atomic E-state index is 13.0. The summed E-state index contributed by atoms with van der Waals surface area (Å²) >= 11 is 0. The van der Waals surface area contributed by atoms with Gasteiger partial charge in [0, 0.05) is 39.3 Å². The molecule has 5 nitrogen and oxygen atoms in total. The number of nitrogens with zero attached hydrogens (tertiary/aromatic N) is 3. The lowest BCUT2D eigenvalue weighted by Crippen LogP contribution is -2.55. The van der Waals surface area contributed by atoms with Crippen LogP contribution >= 0.6 is 0 Å². The van der Waals surface area contributed by atoms with Gasteiger partial charge >= 0.3 is 0 Å². The number of likely N-dealkylation sites (N-methyl/N-ethyl adjacent to an activating group) is 1. The van der Waals surface area contributed by atoms with E-state index in [1.165, 1.54) is 0 Å². The smallest absolute Gasteiger partial charge is 0.237 e. The quantitative estimate of drug-likeness (QED) is 0.773. The fraction of sp³-hybridized carbons (Fsp3) is 0.579. The normalized spacial score (nSPS) is 16.1. The fourth-order valence-corrected chi connectivity index (χ4v) is 3.02. The van der Waals surface area contributed by atoms with Crippen molar-refractivity contribution in [1.29, 1.82) is 0 Å². The number of hydrogen-bond acceptors (Lipinski definition) is 3. The molecule has 0 N–H and O–H groups in total. The monoisotopic (exact) mass is 331 g/mol. The topological polar surface area (TPSA) is 43.9 Å². The number of amides is 2. The number of piperazine rings is 1. The van der Waals surface area contributed by atoms with Crippen molar-refractivity contribution in [2.24, 2.45) is 5.41 Å². The minimum atomic E-state index is -1.03. The highest BCUT2D eigenvalue weighted by atomic mass is 16.2. The van der Waals surface area contributed by atoms with Gasteiger partial charge in [0.2, 0.25) is 11.8 Å². The minimum absolute atomic E-state index is 0.0629. The molecule has 0 aromatic heterocycles. The van der Waals surface area contributed by atoms with Crippen LogP contribution in [0.5, 0.6) is 0 Å². The van der Waals surface area contributed by atoms with Gasteiger partial charge in [0.15, 0.2) is 0 Å². The van der Waals surface area contributed by atoms with Crippen molar-refractivity contribution in [2.45, 2.75) is 27.3 Å². The van der Waals surface area contributed by atoms with E-state index < -0.39 is 5.41 Å². The first-order chi connectivity index (χ1) is 11.4. The first-order valence-corrected chi connectivity index (χ1v) is 8.67. The van der Waals surface area contributed by atoms with Crippen LogP contribution < -0.4 is 0 Å². The van der Waals surface area contributed by atoms with Gasteiger partial charge < -0.3 is 14.7 Å². The molecule has 24 heavy (non-hydrogen) atoms. The molecule has 1 aromatic rings. The van der Waals surface area contributed by atoms with Crippen molar-refractivity contribution in [1.82, 2.24) is 14.7 Å². The zero-order chi connectivity index (χ0) is 17.7. The Bertz CT molecular complexity index is 563. The van der Waals surface area contributed by atoms with Gasteiger partial charge in [0.1, 0.15) is 5.41 Å².